The summed E-state index contributed by atoms with van der Waals surface area (Å²) in [7, 11) is -3.51. The van der Waals surface area contributed by atoms with Gasteiger partial charge in [0, 0.05) is 0 Å². The van der Waals surface area contributed by atoms with Gasteiger partial charge in [-0.3, -0.25) is 4.72 Å². The first-order chi connectivity index (χ1) is 7.83. The quantitative estimate of drug-likeness (QED) is 0.647. The van der Waals surface area contributed by atoms with E-state index in [1.165, 1.54) is 12.1 Å². The Morgan fingerprint density at radius 1 is 1.47 bits per heavy atom. The van der Waals surface area contributed by atoms with Gasteiger partial charge in [0.05, 0.1) is 17.5 Å². The van der Waals surface area contributed by atoms with Crippen LogP contribution in [0.5, 0.6) is 5.75 Å². The Morgan fingerprint density at radius 2 is 2.12 bits per heavy atom. The Bertz CT molecular complexity index is 524. The SMILES string of the molecule is CS(=O)(=O)Nc1ccc(C(=O)O)cc1OCO. The molecule has 0 fully saturated rings. The lowest BCUT2D eigenvalue weighted by Gasteiger charge is -2.11. The standard InChI is InChI=1S/C9H11NO6S/c1-17(14,15)10-7-3-2-6(9(12)13)4-8(7)16-5-11/h2-4,10-11H,5H2,1H3,(H,12,13). The predicted octanol–water partition coefficient (Wildman–Crippen LogP) is 0.0849. The molecule has 17 heavy (non-hydrogen) atoms. The number of aliphatic hydroxyl groups excluding tert-OH is 1. The molecule has 8 heteroatoms. The van der Waals surface area contributed by atoms with Crippen molar-refractivity contribution in [2.24, 2.45) is 0 Å². The molecule has 0 aliphatic carbocycles. The average molecular weight is 261 g/mol. The van der Waals surface area contributed by atoms with Gasteiger partial charge in [0.25, 0.3) is 0 Å². The van der Waals surface area contributed by atoms with Crippen LogP contribution in [0.4, 0.5) is 5.69 Å². The van der Waals surface area contributed by atoms with Crippen molar-refractivity contribution in [3.8, 4) is 5.75 Å². The lowest BCUT2D eigenvalue weighted by molar-refractivity contribution is 0.0693. The Kier molecular flexibility index (Phi) is 3.92. The zero-order chi connectivity index (χ0) is 13.1. The molecule has 0 bridgehead atoms. The van der Waals surface area contributed by atoms with Crippen molar-refractivity contribution in [1.82, 2.24) is 0 Å². The fourth-order valence-corrected chi connectivity index (χ4v) is 1.70. The van der Waals surface area contributed by atoms with Gasteiger partial charge >= 0.3 is 5.97 Å². The summed E-state index contributed by atoms with van der Waals surface area (Å²) in [6, 6.07) is 3.58. The molecule has 0 aliphatic heterocycles. The molecule has 0 radical (unpaired) electrons. The van der Waals surface area contributed by atoms with Crippen LogP contribution in [0.15, 0.2) is 18.2 Å². The smallest absolute Gasteiger partial charge is 0.335 e. The molecule has 3 N–H and O–H groups in total. The van der Waals surface area contributed by atoms with Gasteiger partial charge in [-0.2, -0.15) is 0 Å². The van der Waals surface area contributed by atoms with Crippen LogP contribution in [0.1, 0.15) is 10.4 Å². The molecule has 94 valence electrons. The summed E-state index contributed by atoms with van der Waals surface area (Å²) in [6.45, 7) is -0.693. The lowest BCUT2D eigenvalue weighted by Crippen LogP contribution is -2.12. The van der Waals surface area contributed by atoms with Crippen molar-refractivity contribution >= 4 is 21.7 Å². The van der Waals surface area contributed by atoms with Crippen molar-refractivity contribution in [3.63, 3.8) is 0 Å². The van der Waals surface area contributed by atoms with E-state index in [0.717, 1.165) is 12.3 Å². The molecule has 0 amide bonds. The third kappa shape index (κ3) is 3.93. The number of aromatic carboxylic acids is 1. The first-order valence-corrected chi connectivity index (χ1v) is 6.31. The molecule has 0 aliphatic rings. The van der Waals surface area contributed by atoms with E-state index in [2.05, 4.69) is 4.72 Å². The minimum absolute atomic E-state index is 0.0576. The summed E-state index contributed by atoms with van der Waals surface area (Å²) in [6.07, 6.45) is 0.945. The first kappa shape index (κ1) is 13.3. The molecular weight excluding hydrogens is 250 g/mol. The van der Waals surface area contributed by atoms with Crippen molar-refractivity contribution in [3.05, 3.63) is 23.8 Å². The molecule has 0 atom stereocenters. The second-order valence-electron chi connectivity index (χ2n) is 3.16. The molecular formula is C9H11NO6S. The summed E-state index contributed by atoms with van der Waals surface area (Å²) in [5.74, 6) is -1.24. The molecule has 0 unspecified atom stereocenters. The van der Waals surface area contributed by atoms with Gasteiger partial charge in [-0.05, 0) is 18.2 Å². The third-order valence-corrected chi connectivity index (χ3v) is 2.33. The zero-order valence-electron chi connectivity index (χ0n) is 8.87. The van der Waals surface area contributed by atoms with E-state index in [4.69, 9.17) is 14.9 Å². The van der Waals surface area contributed by atoms with Crippen LogP contribution in [-0.4, -0.2) is 37.6 Å². The zero-order valence-corrected chi connectivity index (χ0v) is 9.69. The minimum Gasteiger partial charge on any atom is -0.478 e. The van der Waals surface area contributed by atoms with Crippen LogP contribution in [0.25, 0.3) is 0 Å². The van der Waals surface area contributed by atoms with Crippen molar-refractivity contribution in [1.29, 1.82) is 0 Å². The van der Waals surface area contributed by atoms with Crippen LogP contribution in [-0.2, 0) is 10.0 Å². The number of ether oxygens (including phenoxy) is 1. The average Bonchev–Trinajstić information content (AvgIpc) is 2.18. The highest BCUT2D eigenvalue weighted by Crippen LogP contribution is 2.26. The van der Waals surface area contributed by atoms with E-state index in [1.54, 1.807) is 0 Å². The van der Waals surface area contributed by atoms with Crippen LogP contribution in [0, 0.1) is 0 Å². The number of carboxylic acid groups (broad SMARTS) is 1. The summed E-state index contributed by atoms with van der Waals surface area (Å²) >= 11 is 0. The highest BCUT2D eigenvalue weighted by atomic mass is 32.2. The molecule has 0 heterocycles. The van der Waals surface area contributed by atoms with Crippen LogP contribution < -0.4 is 9.46 Å². The third-order valence-electron chi connectivity index (χ3n) is 1.74. The number of nitrogens with one attached hydrogen (secondary N) is 1. The topological polar surface area (TPSA) is 113 Å². The number of rotatable bonds is 5. The van der Waals surface area contributed by atoms with Crippen molar-refractivity contribution in [2.75, 3.05) is 17.8 Å². The van der Waals surface area contributed by atoms with Crippen molar-refractivity contribution in [2.45, 2.75) is 0 Å². The number of carboxylic acids is 1. The van der Waals surface area contributed by atoms with Gasteiger partial charge in [0.1, 0.15) is 5.75 Å². The highest BCUT2D eigenvalue weighted by molar-refractivity contribution is 7.92. The number of sulfonamides is 1. The van der Waals surface area contributed by atoms with E-state index in [-0.39, 0.29) is 17.0 Å². The lowest BCUT2D eigenvalue weighted by atomic mass is 10.2. The maximum absolute atomic E-state index is 11.0. The number of benzene rings is 1. The van der Waals surface area contributed by atoms with Gasteiger partial charge in [0.2, 0.25) is 10.0 Å². The maximum Gasteiger partial charge on any atom is 0.335 e. The number of anilines is 1. The van der Waals surface area contributed by atoms with Gasteiger partial charge in [-0.1, -0.05) is 0 Å². The Balaban J connectivity index is 3.17. The fourth-order valence-electron chi connectivity index (χ4n) is 1.13. The molecule has 0 aromatic heterocycles. The predicted molar refractivity (Wildman–Crippen MR) is 59.6 cm³/mol. The molecule has 0 saturated heterocycles. The van der Waals surface area contributed by atoms with Crippen LogP contribution in [0.2, 0.25) is 0 Å². The molecule has 1 aromatic carbocycles. The summed E-state index contributed by atoms with van der Waals surface area (Å²) in [5.41, 5.74) is -0.0148. The van der Waals surface area contributed by atoms with E-state index in [1.807, 2.05) is 0 Å². The monoisotopic (exact) mass is 261 g/mol. The Morgan fingerprint density at radius 3 is 2.59 bits per heavy atom. The normalized spacial score (nSPS) is 10.9. The molecule has 1 aromatic rings. The van der Waals surface area contributed by atoms with Crippen molar-refractivity contribution < 1.29 is 28.2 Å². The van der Waals surface area contributed by atoms with Gasteiger partial charge in [0.15, 0.2) is 6.79 Å². The summed E-state index contributed by atoms with van der Waals surface area (Å²) in [5, 5.41) is 17.4. The largest absolute Gasteiger partial charge is 0.478 e. The van der Waals surface area contributed by atoms with E-state index >= 15 is 0 Å². The van der Waals surface area contributed by atoms with Gasteiger partial charge < -0.3 is 14.9 Å². The van der Waals surface area contributed by atoms with E-state index in [0.29, 0.717) is 0 Å². The van der Waals surface area contributed by atoms with Gasteiger partial charge in [-0.25, -0.2) is 13.2 Å². The highest BCUT2D eigenvalue weighted by Gasteiger charge is 2.12. The minimum atomic E-state index is -3.51. The second-order valence-corrected chi connectivity index (χ2v) is 4.91. The summed E-state index contributed by atoms with van der Waals surface area (Å²) < 4.78 is 28.9. The first-order valence-electron chi connectivity index (χ1n) is 4.42. The molecule has 1 rings (SSSR count). The van der Waals surface area contributed by atoms with Crippen LogP contribution >= 0.6 is 0 Å². The number of aliphatic hydroxyl groups is 1. The van der Waals surface area contributed by atoms with E-state index < -0.39 is 22.8 Å². The molecule has 7 nitrogen and oxygen atoms in total. The summed E-state index contributed by atoms with van der Waals surface area (Å²) in [4.78, 5) is 10.7. The molecule has 0 spiro atoms. The second kappa shape index (κ2) is 5.02. The number of carbonyl (C=O) groups is 1. The fraction of sp³-hybridized carbons (Fsp3) is 0.222. The number of hydrogen-bond acceptors (Lipinski definition) is 5. The maximum atomic E-state index is 11.0. The number of hydrogen-bond donors (Lipinski definition) is 3. The van der Waals surface area contributed by atoms with E-state index in [9.17, 15) is 13.2 Å². The Hall–Kier alpha value is -1.80. The van der Waals surface area contributed by atoms with Gasteiger partial charge in [-0.15, -0.1) is 0 Å². The molecule has 0 saturated carbocycles. The Labute approximate surface area is 97.7 Å². The van der Waals surface area contributed by atoms with Crippen LogP contribution in [0.3, 0.4) is 0 Å².